The molecule has 0 spiro atoms. The van der Waals surface area contributed by atoms with Crippen LogP contribution in [0.15, 0.2) is 41.6 Å². The van der Waals surface area contributed by atoms with Crippen LogP contribution < -0.4 is 15.8 Å². The number of anilines is 1. The molecule has 0 aliphatic carbocycles. The van der Waals surface area contributed by atoms with Gasteiger partial charge in [0.2, 0.25) is 0 Å². The molecule has 2 aromatic heterocycles. The van der Waals surface area contributed by atoms with Crippen LogP contribution in [-0.4, -0.2) is 39.3 Å². The van der Waals surface area contributed by atoms with Gasteiger partial charge in [0.25, 0.3) is 5.56 Å². The Bertz CT molecular complexity index is 886. The average molecular weight is 324 g/mol. The van der Waals surface area contributed by atoms with Crippen LogP contribution in [0, 0.1) is 0 Å². The average Bonchev–Trinajstić information content (AvgIpc) is 3.10. The SMILES string of the molecule is O=c1[nH]ccnc1N1CCC[C@H](NCc2cccc3cn[nH]c23)C1. The molecule has 4 rings (SSSR count). The second-order valence-corrected chi connectivity index (χ2v) is 6.16. The summed E-state index contributed by atoms with van der Waals surface area (Å²) in [6.07, 6.45) is 7.18. The molecule has 0 bridgehead atoms. The number of hydrogen-bond acceptors (Lipinski definition) is 5. The van der Waals surface area contributed by atoms with Gasteiger partial charge in [-0.15, -0.1) is 0 Å². The van der Waals surface area contributed by atoms with E-state index in [1.165, 1.54) is 5.56 Å². The van der Waals surface area contributed by atoms with E-state index < -0.39 is 0 Å². The quantitative estimate of drug-likeness (QED) is 0.675. The van der Waals surface area contributed by atoms with Crippen molar-refractivity contribution in [3.05, 3.63) is 52.7 Å². The lowest BCUT2D eigenvalue weighted by Crippen LogP contribution is -2.47. The van der Waals surface area contributed by atoms with Gasteiger partial charge in [0.15, 0.2) is 5.82 Å². The third kappa shape index (κ3) is 2.90. The van der Waals surface area contributed by atoms with Crippen molar-refractivity contribution < 1.29 is 0 Å². The third-order valence-electron chi connectivity index (χ3n) is 4.55. The Labute approximate surface area is 139 Å². The van der Waals surface area contributed by atoms with Gasteiger partial charge in [-0.2, -0.15) is 5.10 Å². The number of H-pyrrole nitrogens is 2. The highest BCUT2D eigenvalue weighted by atomic mass is 16.1. The van der Waals surface area contributed by atoms with E-state index >= 15 is 0 Å². The highest BCUT2D eigenvalue weighted by molar-refractivity contribution is 5.81. The first-order valence-corrected chi connectivity index (χ1v) is 8.24. The molecule has 1 aliphatic rings. The topological polar surface area (TPSA) is 89.7 Å². The van der Waals surface area contributed by atoms with E-state index in [-0.39, 0.29) is 5.56 Å². The Morgan fingerprint density at radius 3 is 3.25 bits per heavy atom. The molecular weight excluding hydrogens is 304 g/mol. The van der Waals surface area contributed by atoms with Crippen molar-refractivity contribution in [2.75, 3.05) is 18.0 Å². The Morgan fingerprint density at radius 2 is 2.33 bits per heavy atom. The summed E-state index contributed by atoms with van der Waals surface area (Å²) in [5.74, 6) is 0.514. The maximum absolute atomic E-state index is 11.9. The van der Waals surface area contributed by atoms with Crippen molar-refractivity contribution in [1.82, 2.24) is 25.5 Å². The summed E-state index contributed by atoms with van der Waals surface area (Å²) in [4.78, 5) is 20.9. The Morgan fingerprint density at radius 1 is 1.38 bits per heavy atom. The van der Waals surface area contributed by atoms with Gasteiger partial charge in [0.05, 0.1) is 11.7 Å². The Balaban J connectivity index is 1.45. The van der Waals surface area contributed by atoms with Gasteiger partial charge in [-0.3, -0.25) is 9.89 Å². The summed E-state index contributed by atoms with van der Waals surface area (Å²) in [5.41, 5.74) is 2.16. The van der Waals surface area contributed by atoms with Crippen LogP contribution in [0.4, 0.5) is 5.82 Å². The second-order valence-electron chi connectivity index (χ2n) is 6.16. The van der Waals surface area contributed by atoms with E-state index in [4.69, 9.17) is 0 Å². The number of nitrogens with one attached hydrogen (secondary N) is 3. The summed E-state index contributed by atoms with van der Waals surface area (Å²) >= 11 is 0. The number of para-hydroxylation sites is 1. The minimum absolute atomic E-state index is 0.125. The van der Waals surface area contributed by atoms with Crippen LogP contribution in [0.25, 0.3) is 10.9 Å². The lowest BCUT2D eigenvalue weighted by Gasteiger charge is -2.33. The van der Waals surface area contributed by atoms with Gasteiger partial charge in [-0.25, -0.2) is 4.98 Å². The molecule has 7 heteroatoms. The Kier molecular flexibility index (Phi) is 4.00. The summed E-state index contributed by atoms with van der Waals surface area (Å²) in [6, 6.07) is 6.55. The molecule has 0 saturated carbocycles. The molecule has 1 aliphatic heterocycles. The predicted molar refractivity (Wildman–Crippen MR) is 93.0 cm³/mol. The smallest absolute Gasteiger partial charge is 0.290 e. The maximum atomic E-state index is 11.9. The van der Waals surface area contributed by atoms with Crippen LogP contribution in [-0.2, 0) is 6.54 Å². The first-order valence-electron chi connectivity index (χ1n) is 8.24. The van der Waals surface area contributed by atoms with Crippen LogP contribution in [0.3, 0.4) is 0 Å². The van der Waals surface area contributed by atoms with Crippen LogP contribution in [0.2, 0.25) is 0 Å². The molecule has 0 radical (unpaired) electrons. The van der Waals surface area contributed by atoms with Crippen molar-refractivity contribution >= 4 is 16.7 Å². The zero-order valence-electron chi connectivity index (χ0n) is 13.3. The van der Waals surface area contributed by atoms with Crippen molar-refractivity contribution in [1.29, 1.82) is 0 Å². The van der Waals surface area contributed by atoms with Crippen LogP contribution in [0.1, 0.15) is 18.4 Å². The van der Waals surface area contributed by atoms with Crippen molar-refractivity contribution in [2.24, 2.45) is 0 Å². The molecule has 3 N–H and O–H groups in total. The number of hydrogen-bond donors (Lipinski definition) is 3. The van der Waals surface area contributed by atoms with Crippen molar-refractivity contribution in [3.63, 3.8) is 0 Å². The first-order chi connectivity index (χ1) is 11.8. The molecule has 0 unspecified atom stereocenters. The van der Waals surface area contributed by atoms with Gasteiger partial charge in [0.1, 0.15) is 0 Å². The molecule has 24 heavy (non-hydrogen) atoms. The molecular formula is C17H20N6O. The summed E-state index contributed by atoms with van der Waals surface area (Å²) < 4.78 is 0. The first kappa shape index (κ1) is 14.9. The molecule has 0 amide bonds. The lowest BCUT2D eigenvalue weighted by molar-refractivity contribution is 0.420. The predicted octanol–water partition coefficient (Wildman–Crippen LogP) is 1.40. The zero-order valence-corrected chi connectivity index (χ0v) is 13.3. The highest BCUT2D eigenvalue weighted by Gasteiger charge is 2.22. The van der Waals surface area contributed by atoms with E-state index in [2.05, 4.69) is 48.6 Å². The van der Waals surface area contributed by atoms with E-state index in [1.807, 2.05) is 6.20 Å². The molecule has 124 valence electrons. The van der Waals surface area contributed by atoms with Crippen molar-refractivity contribution in [2.45, 2.75) is 25.4 Å². The van der Waals surface area contributed by atoms with Gasteiger partial charge < -0.3 is 15.2 Å². The van der Waals surface area contributed by atoms with Gasteiger partial charge in [0, 0.05) is 43.5 Å². The number of rotatable bonds is 4. The number of fused-ring (bicyclic) bond motifs is 1. The summed E-state index contributed by atoms with van der Waals surface area (Å²) in [5, 5.41) is 11.9. The van der Waals surface area contributed by atoms with Gasteiger partial charge >= 0.3 is 0 Å². The molecule has 1 aromatic carbocycles. The number of nitrogens with zero attached hydrogens (tertiary/aromatic N) is 3. The standard InChI is InChI=1S/C17H20N6O/c24-17-16(18-6-7-19-17)23-8-2-5-14(11-23)20-9-12-3-1-4-13-10-21-22-15(12)13/h1,3-4,6-7,10,14,20H,2,5,8-9,11H2,(H,19,24)(H,21,22)/t14-/m0/s1. The monoisotopic (exact) mass is 324 g/mol. The molecule has 1 atom stereocenters. The molecule has 3 heterocycles. The minimum Gasteiger partial charge on any atom is -0.350 e. The maximum Gasteiger partial charge on any atom is 0.290 e. The third-order valence-corrected chi connectivity index (χ3v) is 4.55. The summed E-state index contributed by atoms with van der Waals surface area (Å²) in [7, 11) is 0. The van der Waals surface area contributed by atoms with Gasteiger partial charge in [-0.1, -0.05) is 18.2 Å². The van der Waals surface area contributed by atoms with Crippen molar-refractivity contribution in [3.8, 4) is 0 Å². The zero-order chi connectivity index (χ0) is 16.4. The molecule has 7 nitrogen and oxygen atoms in total. The van der Waals surface area contributed by atoms with Crippen LogP contribution >= 0.6 is 0 Å². The molecule has 1 saturated heterocycles. The van der Waals surface area contributed by atoms with Crippen LogP contribution in [0.5, 0.6) is 0 Å². The second kappa shape index (κ2) is 6.45. The van der Waals surface area contributed by atoms with Gasteiger partial charge in [-0.05, 0) is 18.4 Å². The summed E-state index contributed by atoms with van der Waals surface area (Å²) in [6.45, 7) is 2.43. The Hall–Kier alpha value is -2.67. The van der Waals surface area contributed by atoms with E-state index in [0.717, 1.165) is 43.4 Å². The molecule has 3 aromatic rings. The lowest BCUT2D eigenvalue weighted by atomic mass is 10.0. The fraction of sp³-hybridized carbons (Fsp3) is 0.353. The number of aromatic amines is 2. The minimum atomic E-state index is -0.125. The van der Waals surface area contributed by atoms with E-state index in [0.29, 0.717) is 11.9 Å². The highest BCUT2D eigenvalue weighted by Crippen LogP contribution is 2.18. The fourth-order valence-electron chi connectivity index (χ4n) is 3.34. The number of benzene rings is 1. The van der Waals surface area contributed by atoms with E-state index in [9.17, 15) is 4.79 Å². The number of piperidine rings is 1. The normalized spacial score (nSPS) is 18.2. The molecule has 1 fully saturated rings. The largest absolute Gasteiger partial charge is 0.350 e. The fourth-order valence-corrected chi connectivity index (χ4v) is 3.34. The van der Waals surface area contributed by atoms with E-state index in [1.54, 1.807) is 12.4 Å². The number of aromatic nitrogens is 4.